The summed E-state index contributed by atoms with van der Waals surface area (Å²) in [5.74, 6) is -1.18. The van der Waals surface area contributed by atoms with Gasteiger partial charge >= 0.3 is 5.97 Å². The fraction of sp³-hybridized carbons (Fsp3) is 0.889. The van der Waals surface area contributed by atoms with Gasteiger partial charge in [-0.3, -0.25) is 4.79 Å². The third-order valence-electron chi connectivity index (χ3n) is 1.77. The lowest BCUT2D eigenvalue weighted by molar-refractivity contribution is -0.136. The highest BCUT2D eigenvalue weighted by molar-refractivity contribution is 7.89. The van der Waals surface area contributed by atoms with E-state index in [-0.39, 0.29) is 24.6 Å². The van der Waals surface area contributed by atoms with Gasteiger partial charge in [-0.2, -0.15) is 0 Å². The van der Waals surface area contributed by atoms with Crippen LogP contribution < -0.4 is 4.72 Å². The van der Waals surface area contributed by atoms with E-state index >= 15 is 0 Å². The molecule has 2 N–H and O–H groups in total. The van der Waals surface area contributed by atoms with Crippen LogP contribution in [0.25, 0.3) is 0 Å². The zero-order valence-corrected chi connectivity index (χ0v) is 10.4. The third kappa shape index (κ3) is 8.63. The average molecular weight is 253 g/mol. The van der Waals surface area contributed by atoms with Crippen LogP contribution in [0.15, 0.2) is 0 Å². The SMILES string of the molecule is CCOCC(C)CS(=O)(=O)NCCC(=O)O. The van der Waals surface area contributed by atoms with Gasteiger partial charge in [0.15, 0.2) is 0 Å². The van der Waals surface area contributed by atoms with Crippen LogP contribution in [0.5, 0.6) is 0 Å². The number of rotatable bonds is 9. The molecule has 0 saturated heterocycles. The fourth-order valence-electron chi connectivity index (χ4n) is 1.11. The monoisotopic (exact) mass is 253 g/mol. The zero-order valence-electron chi connectivity index (χ0n) is 9.60. The molecule has 0 bridgehead atoms. The Morgan fingerprint density at radius 1 is 1.50 bits per heavy atom. The van der Waals surface area contributed by atoms with E-state index in [2.05, 4.69) is 4.72 Å². The van der Waals surface area contributed by atoms with Crippen molar-refractivity contribution < 1.29 is 23.1 Å². The lowest BCUT2D eigenvalue weighted by Crippen LogP contribution is -2.32. The highest BCUT2D eigenvalue weighted by atomic mass is 32.2. The van der Waals surface area contributed by atoms with E-state index in [0.29, 0.717) is 13.2 Å². The van der Waals surface area contributed by atoms with Crippen molar-refractivity contribution in [3.8, 4) is 0 Å². The van der Waals surface area contributed by atoms with Crippen molar-refractivity contribution in [2.45, 2.75) is 20.3 Å². The largest absolute Gasteiger partial charge is 0.481 e. The summed E-state index contributed by atoms with van der Waals surface area (Å²) in [6, 6.07) is 0. The minimum absolute atomic E-state index is 0.0490. The molecule has 0 heterocycles. The molecule has 0 aromatic rings. The minimum atomic E-state index is -3.40. The molecule has 6 nitrogen and oxygen atoms in total. The van der Waals surface area contributed by atoms with E-state index in [0.717, 1.165) is 0 Å². The molecule has 0 aromatic heterocycles. The van der Waals surface area contributed by atoms with Crippen molar-refractivity contribution in [3.63, 3.8) is 0 Å². The molecule has 0 aliphatic carbocycles. The molecule has 96 valence electrons. The topological polar surface area (TPSA) is 92.7 Å². The van der Waals surface area contributed by atoms with Crippen molar-refractivity contribution in [2.75, 3.05) is 25.5 Å². The Morgan fingerprint density at radius 2 is 2.12 bits per heavy atom. The smallest absolute Gasteiger partial charge is 0.304 e. The van der Waals surface area contributed by atoms with Crippen molar-refractivity contribution in [2.24, 2.45) is 5.92 Å². The number of carboxylic acids is 1. The minimum Gasteiger partial charge on any atom is -0.481 e. The number of sulfonamides is 1. The molecule has 7 heteroatoms. The Labute approximate surface area is 96.0 Å². The van der Waals surface area contributed by atoms with Crippen molar-refractivity contribution in [1.82, 2.24) is 4.72 Å². The molecule has 0 aliphatic rings. The summed E-state index contributed by atoms with van der Waals surface area (Å²) < 4.78 is 30.2. The van der Waals surface area contributed by atoms with Crippen LogP contribution in [0, 0.1) is 5.92 Å². The molecule has 1 unspecified atom stereocenters. The highest BCUT2D eigenvalue weighted by Crippen LogP contribution is 2.00. The molecule has 0 aromatic carbocycles. The van der Waals surface area contributed by atoms with E-state index in [4.69, 9.17) is 9.84 Å². The summed E-state index contributed by atoms with van der Waals surface area (Å²) in [4.78, 5) is 10.2. The summed E-state index contributed by atoms with van der Waals surface area (Å²) in [7, 11) is -3.40. The summed E-state index contributed by atoms with van der Waals surface area (Å²) in [5, 5.41) is 8.35. The first-order valence-corrected chi connectivity index (χ1v) is 6.79. The second-order valence-corrected chi connectivity index (χ2v) is 5.44. The van der Waals surface area contributed by atoms with Crippen molar-refractivity contribution in [3.05, 3.63) is 0 Å². The van der Waals surface area contributed by atoms with Gasteiger partial charge in [0.25, 0.3) is 0 Å². The molecule has 1 atom stereocenters. The fourth-order valence-corrected chi connectivity index (χ4v) is 2.49. The second kappa shape index (κ2) is 7.59. The van der Waals surface area contributed by atoms with Crippen LogP contribution in [0.4, 0.5) is 0 Å². The standard InChI is InChI=1S/C9H19NO5S/c1-3-15-6-8(2)7-16(13,14)10-5-4-9(11)12/h8,10H,3-7H2,1-2H3,(H,11,12). The predicted molar refractivity (Wildman–Crippen MR) is 59.7 cm³/mol. The van der Waals surface area contributed by atoms with E-state index in [1.54, 1.807) is 6.92 Å². The summed E-state index contributed by atoms with van der Waals surface area (Å²) in [6.07, 6.45) is -0.209. The number of hydrogen-bond acceptors (Lipinski definition) is 4. The maximum atomic E-state index is 11.4. The van der Waals surface area contributed by atoms with Crippen LogP contribution in [-0.4, -0.2) is 45.0 Å². The first kappa shape index (κ1) is 15.3. The van der Waals surface area contributed by atoms with Gasteiger partial charge in [0.05, 0.1) is 18.8 Å². The molecular weight excluding hydrogens is 234 g/mol. The Balaban J connectivity index is 3.90. The quantitative estimate of drug-likeness (QED) is 0.606. The molecule has 0 saturated carbocycles. The number of carboxylic acid groups (broad SMARTS) is 1. The first-order chi connectivity index (χ1) is 7.37. The second-order valence-electron chi connectivity index (χ2n) is 3.58. The third-order valence-corrected chi connectivity index (χ3v) is 3.42. The van der Waals surface area contributed by atoms with Gasteiger partial charge in [-0.15, -0.1) is 0 Å². The molecule has 0 fully saturated rings. The zero-order chi connectivity index (χ0) is 12.6. The molecular formula is C9H19NO5S. The van der Waals surface area contributed by atoms with Gasteiger partial charge in [-0.25, -0.2) is 13.1 Å². The molecule has 0 spiro atoms. The number of hydrogen-bond donors (Lipinski definition) is 2. The summed E-state index contributed by atoms with van der Waals surface area (Å²) in [5.41, 5.74) is 0. The number of carbonyl (C=O) groups is 1. The van der Waals surface area contributed by atoms with Crippen LogP contribution in [0.3, 0.4) is 0 Å². The lowest BCUT2D eigenvalue weighted by atomic mass is 10.2. The number of ether oxygens (including phenoxy) is 1. The number of aliphatic carboxylic acids is 1. The van der Waals surface area contributed by atoms with Gasteiger partial charge in [0, 0.05) is 13.2 Å². The van der Waals surface area contributed by atoms with E-state index in [1.165, 1.54) is 0 Å². The Kier molecular flexibility index (Phi) is 7.27. The predicted octanol–water partition coefficient (Wildman–Crippen LogP) is 0.0531. The van der Waals surface area contributed by atoms with E-state index in [1.807, 2.05) is 6.92 Å². The first-order valence-electron chi connectivity index (χ1n) is 5.14. The summed E-state index contributed by atoms with van der Waals surface area (Å²) in [6.45, 7) is 4.48. The van der Waals surface area contributed by atoms with Gasteiger partial charge < -0.3 is 9.84 Å². The molecule has 0 radical (unpaired) electrons. The lowest BCUT2D eigenvalue weighted by Gasteiger charge is -2.12. The van der Waals surface area contributed by atoms with Crippen LogP contribution >= 0.6 is 0 Å². The van der Waals surface area contributed by atoms with Crippen LogP contribution in [-0.2, 0) is 19.6 Å². The molecule has 16 heavy (non-hydrogen) atoms. The maximum Gasteiger partial charge on any atom is 0.304 e. The highest BCUT2D eigenvalue weighted by Gasteiger charge is 2.15. The van der Waals surface area contributed by atoms with Crippen LogP contribution in [0.1, 0.15) is 20.3 Å². The Hall–Kier alpha value is -0.660. The van der Waals surface area contributed by atoms with Gasteiger partial charge in [0.2, 0.25) is 10.0 Å². The van der Waals surface area contributed by atoms with E-state index < -0.39 is 16.0 Å². The van der Waals surface area contributed by atoms with Crippen molar-refractivity contribution in [1.29, 1.82) is 0 Å². The maximum absolute atomic E-state index is 11.4. The average Bonchev–Trinajstić information content (AvgIpc) is 2.12. The van der Waals surface area contributed by atoms with Gasteiger partial charge in [-0.05, 0) is 12.8 Å². The summed E-state index contributed by atoms with van der Waals surface area (Å²) >= 11 is 0. The molecule has 0 rings (SSSR count). The Morgan fingerprint density at radius 3 is 2.62 bits per heavy atom. The van der Waals surface area contributed by atoms with Gasteiger partial charge in [-0.1, -0.05) is 6.92 Å². The number of nitrogens with one attached hydrogen (secondary N) is 1. The van der Waals surface area contributed by atoms with Gasteiger partial charge in [0.1, 0.15) is 0 Å². The van der Waals surface area contributed by atoms with E-state index in [9.17, 15) is 13.2 Å². The van der Waals surface area contributed by atoms with Crippen molar-refractivity contribution >= 4 is 16.0 Å². The Bertz CT molecular complexity index is 301. The van der Waals surface area contributed by atoms with Crippen LogP contribution in [0.2, 0.25) is 0 Å². The molecule has 0 amide bonds. The normalized spacial score (nSPS) is 13.6. The molecule has 0 aliphatic heterocycles.